The van der Waals surface area contributed by atoms with E-state index in [1.165, 1.54) is 49.9 Å². The number of rotatable bonds is 3. The zero-order valence-electron chi connectivity index (χ0n) is 17.0. The molecule has 5 rings (SSSR count). The number of aryl methyl sites for hydroxylation is 1. The maximum atomic E-state index is 5.79. The molecule has 0 unspecified atom stereocenters. The van der Waals surface area contributed by atoms with E-state index in [1.54, 1.807) is 11.3 Å². The van der Waals surface area contributed by atoms with Gasteiger partial charge in [-0.25, -0.2) is 9.97 Å². The summed E-state index contributed by atoms with van der Waals surface area (Å²) in [5.41, 5.74) is 9.63. The minimum Gasteiger partial charge on any atom is -0.384 e. The van der Waals surface area contributed by atoms with Crippen molar-refractivity contribution in [2.24, 2.45) is 0 Å². The molecule has 2 N–H and O–H groups in total. The Morgan fingerprint density at radius 3 is 2.59 bits per heavy atom. The van der Waals surface area contributed by atoms with Gasteiger partial charge >= 0.3 is 0 Å². The number of fused-ring (bicyclic) bond motifs is 1. The fourth-order valence-electron chi connectivity index (χ4n) is 4.66. The molecule has 0 radical (unpaired) electrons. The van der Waals surface area contributed by atoms with Crippen LogP contribution in [0.3, 0.4) is 0 Å². The van der Waals surface area contributed by atoms with E-state index in [0.29, 0.717) is 5.82 Å². The van der Waals surface area contributed by atoms with E-state index < -0.39 is 0 Å². The van der Waals surface area contributed by atoms with Gasteiger partial charge in [-0.05, 0) is 63.9 Å². The molecule has 6 nitrogen and oxygen atoms in total. The summed E-state index contributed by atoms with van der Waals surface area (Å²) >= 11 is 1.77. The number of hydrogen-bond donors (Lipinski definition) is 1. The molecule has 5 heterocycles. The van der Waals surface area contributed by atoms with Crippen molar-refractivity contribution in [2.75, 3.05) is 36.8 Å². The molecule has 3 aromatic heterocycles. The summed E-state index contributed by atoms with van der Waals surface area (Å²) in [5.74, 6) is 0.542. The summed E-state index contributed by atoms with van der Waals surface area (Å²) in [6.45, 7) is 6.76. The van der Waals surface area contributed by atoms with Gasteiger partial charge < -0.3 is 15.5 Å². The van der Waals surface area contributed by atoms with Crippen molar-refractivity contribution in [3.05, 3.63) is 30.1 Å². The zero-order valence-corrected chi connectivity index (χ0v) is 17.8. The van der Waals surface area contributed by atoms with Crippen LogP contribution in [-0.4, -0.2) is 52.1 Å². The van der Waals surface area contributed by atoms with Crippen LogP contribution < -0.4 is 10.6 Å². The zero-order chi connectivity index (χ0) is 19.8. The third-order valence-electron chi connectivity index (χ3n) is 6.29. The predicted molar refractivity (Wildman–Crippen MR) is 120 cm³/mol. The molecular weight excluding hydrogens is 380 g/mol. The summed E-state index contributed by atoms with van der Waals surface area (Å²) in [5, 5.41) is 1.13. The molecule has 3 aromatic rings. The van der Waals surface area contributed by atoms with E-state index >= 15 is 0 Å². The number of likely N-dealkylation sites (tertiary alicyclic amines) is 1. The maximum absolute atomic E-state index is 5.79. The van der Waals surface area contributed by atoms with Gasteiger partial charge in [0.25, 0.3) is 0 Å². The molecule has 0 atom stereocenters. The third kappa shape index (κ3) is 3.81. The second-order valence-corrected chi connectivity index (χ2v) is 9.23. The molecule has 0 spiro atoms. The van der Waals surface area contributed by atoms with Crippen LogP contribution in [0.2, 0.25) is 0 Å². The molecule has 0 bridgehead atoms. The van der Waals surface area contributed by atoms with Gasteiger partial charge in [0.2, 0.25) is 0 Å². The standard InChI is InChI=1S/C22H28N6S/c1-15-17(5-6-21(23)25-15)18-13-20-19(14-24-18)26-22(29-20)28-11-7-16(8-12-28)27-9-3-2-4-10-27/h5-6,13-14,16H,2-4,7-12H2,1H3,(H2,23,25). The van der Waals surface area contributed by atoms with Gasteiger partial charge in [-0.15, -0.1) is 0 Å². The summed E-state index contributed by atoms with van der Waals surface area (Å²) < 4.78 is 1.18. The lowest BCUT2D eigenvalue weighted by Gasteiger charge is -2.40. The Labute approximate surface area is 175 Å². The smallest absolute Gasteiger partial charge is 0.186 e. The number of thiazole rings is 1. The van der Waals surface area contributed by atoms with Crippen molar-refractivity contribution in [2.45, 2.75) is 45.1 Å². The average molecular weight is 409 g/mol. The second-order valence-electron chi connectivity index (χ2n) is 8.22. The largest absolute Gasteiger partial charge is 0.384 e. The number of nitrogens with zero attached hydrogens (tertiary/aromatic N) is 5. The van der Waals surface area contributed by atoms with Crippen LogP contribution in [0.5, 0.6) is 0 Å². The molecule has 2 aliphatic heterocycles. The monoisotopic (exact) mass is 408 g/mol. The van der Waals surface area contributed by atoms with Gasteiger partial charge in [0.1, 0.15) is 11.3 Å². The first-order chi connectivity index (χ1) is 14.2. The van der Waals surface area contributed by atoms with Gasteiger partial charge in [0.05, 0.1) is 16.6 Å². The van der Waals surface area contributed by atoms with Gasteiger partial charge in [-0.3, -0.25) is 4.98 Å². The molecular formula is C22H28N6S. The maximum Gasteiger partial charge on any atom is 0.186 e. The van der Waals surface area contributed by atoms with Crippen LogP contribution in [0.15, 0.2) is 24.4 Å². The van der Waals surface area contributed by atoms with Crippen LogP contribution in [-0.2, 0) is 0 Å². The molecule has 2 fully saturated rings. The summed E-state index contributed by atoms with van der Waals surface area (Å²) in [6.07, 6.45) is 8.53. The Bertz CT molecular complexity index is 1000. The first-order valence-electron chi connectivity index (χ1n) is 10.7. The van der Waals surface area contributed by atoms with Crippen molar-refractivity contribution in [3.8, 4) is 11.3 Å². The lowest BCUT2D eigenvalue weighted by molar-refractivity contribution is 0.141. The lowest BCUT2D eigenvalue weighted by Crippen LogP contribution is -2.46. The fourth-order valence-corrected chi connectivity index (χ4v) is 5.68. The van der Waals surface area contributed by atoms with Crippen LogP contribution in [0.4, 0.5) is 10.9 Å². The minimum atomic E-state index is 0.542. The molecule has 29 heavy (non-hydrogen) atoms. The molecule has 2 aliphatic rings. The van der Waals surface area contributed by atoms with E-state index in [0.717, 1.165) is 46.7 Å². The highest BCUT2D eigenvalue weighted by Crippen LogP contribution is 2.33. The van der Waals surface area contributed by atoms with E-state index in [-0.39, 0.29) is 0 Å². The number of pyridine rings is 2. The normalized spacial score (nSPS) is 19.1. The summed E-state index contributed by atoms with van der Waals surface area (Å²) in [7, 11) is 0. The quantitative estimate of drug-likeness (QED) is 0.704. The highest BCUT2D eigenvalue weighted by atomic mass is 32.1. The number of hydrogen-bond acceptors (Lipinski definition) is 7. The Kier molecular flexibility index (Phi) is 5.09. The number of piperidine rings is 2. The van der Waals surface area contributed by atoms with E-state index in [2.05, 4.69) is 25.8 Å². The third-order valence-corrected chi connectivity index (χ3v) is 7.37. The molecule has 0 aliphatic carbocycles. The number of aromatic nitrogens is 3. The van der Waals surface area contributed by atoms with Gasteiger partial charge in [-0.2, -0.15) is 0 Å². The molecule has 2 saturated heterocycles. The highest BCUT2D eigenvalue weighted by Gasteiger charge is 2.26. The van der Waals surface area contributed by atoms with Crippen molar-refractivity contribution in [1.29, 1.82) is 0 Å². The Balaban J connectivity index is 1.33. The average Bonchev–Trinajstić information content (AvgIpc) is 3.18. The fraction of sp³-hybridized carbons (Fsp3) is 0.500. The van der Waals surface area contributed by atoms with Gasteiger partial charge in [0.15, 0.2) is 5.13 Å². The number of nitrogens with two attached hydrogens (primary N) is 1. The number of nitrogen functional groups attached to an aromatic ring is 1. The Morgan fingerprint density at radius 1 is 1.03 bits per heavy atom. The SMILES string of the molecule is Cc1nc(N)ccc1-c1cc2sc(N3CCC(N4CCCCC4)CC3)nc2cn1. The summed E-state index contributed by atoms with van der Waals surface area (Å²) in [6, 6.07) is 6.73. The van der Waals surface area contributed by atoms with Crippen molar-refractivity contribution in [3.63, 3.8) is 0 Å². The highest BCUT2D eigenvalue weighted by molar-refractivity contribution is 7.22. The molecule has 0 aromatic carbocycles. The molecule has 7 heteroatoms. The second kappa shape index (κ2) is 7.88. The van der Waals surface area contributed by atoms with Crippen molar-refractivity contribution < 1.29 is 0 Å². The predicted octanol–water partition coefficient (Wildman–Crippen LogP) is 4.10. The van der Waals surface area contributed by atoms with Gasteiger partial charge in [0, 0.05) is 30.4 Å². The summed E-state index contributed by atoms with van der Waals surface area (Å²) in [4.78, 5) is 19.1. The Hall–Kier alpha value is -2.25. The van der Waals surface area contributed by atoms with Crippen LogP contribution in [0.25, 0.3) is 21.5 Å². The molecule has 0 saturated carbocycles. The van der Waals surface area contributed by atoms with Crippen LogP contribution in [0.1, 0.15) is 37.8 Å². The van der Waals surface area contributed by atoms with Gasteiger partial charge in [-0.1, -0.05) is 17.8 Å². The first-order valence-corrected chi connectivity index (χ1v) is 11.5. The number of anilines is 2. The van der Waals surface area contributed by atoms with E-state index in [1.807, 2.05) is 25.3 Å². The van der Waals surface area contributed by atoms with E-state index in [4.69, 9.17) is 10.7 Å². The van der Waals surface area contributed by atoms with Crippen LogP contribution in [0, 0.1) is 6.92 Å². The topological polar surface area (TPSA) is 71.2 Å². The first kappa shape index (κ1) is 18.8. The van der Waals surface area contributed by atoms with Crippen LogP contribution >= 0.6 is 11.3 Å². The lowest BCUT2D eigenvalue weighted by atomic mass is 10.0. The minimum absolute atomic E-state index is 0.542. The van der Waals surface area contributed by atoms with E-state index in [9.17, 15) is 0 Å². The van der Waals surface area contributed by atoms with Crippen molar-refractivity contribution >= 4 is 32.5 Å². The van der Waals surface area contributed by atoms with Crippen molar-refractivity contribution in [1.82, 2.24) is 19.9 Å². The Morgan fingerprint density at radius 2 is 1.83 bits per heavy atom. The molecule has 152 valence electrons. The molecule has 0 amide bonds.